The van der Waals surface area contributed by atoms with Crippen LogP contribution in [0, 0.1) is 0 Å². The highest BCUT2D eigenvalue weighted by Crippen LogP contribution is 2.31. The van der Waals surface area contributed by atoms with Crippen LogP contribution in [0.15, 0.2) is 35.2 Å². The van der Waals surface area contributed by atoms with Crippen molar-refractivity contribution in [1.82, 2.24) is 19.9 Å². The molecule has 3 heterocycles. The van der Waals surface area contributed by atoms with Crippen molar-refractivity contribution in [2.75, 3.05) is 6.54 Å². The Hall–Kier alpha value is -2.21. The number of thiazole rings is 1. The molecule has 1 saturated heterocycles. The number of imidazole rings is 1. The zero-order chi connectivity index (χ0) is 14.9. The average molecular weight is 312 g/mol. The maximum atomic E-state index is 12.7. The molecule has 1 aliphatic heterocycles. The lowest BCUT2D eigenvalue weighted by Gasteiger charge is -2.34. The quantitative estimate of drug-likeness (QED) is 0.789. The summed E-state index contributed by atoms with van der Waals surface area (Å²) in [5, 5.41) is 1.81. The molecule has 1 amide bonds. The highest BCUT2D eigenvalue weighted by Gasteiger charge is 2.31. The number of nitrogens with zero attached hydrogens (tertiary/aromatic N) is 3. The Morgan fingerprint density at radius 2 is 2.23 bits per heavy atom. The fraction of sp³-hybridized carbons (Fsp3) is 0.312. The molecule has 0 radical (unpaired) electrons. The van der Waals surface area contributed by atoms with Gasteiger partial charge in [-0.05, 0) is 31.4 Å². The summed E-state index contributed by atoms with van der Waals surface area (Å²) in [5.41, 5.74) is 4.20. The molecule has 22 heavy (non-hydrogen) atoms. The van der Waals surface area contributed by atoms with Gasteiger partial charge in [-0.1, -0.05) is 12.1 Å². The number of fused-ring (bicyclic) bond motifs is 1. The Labute approximate surface area is 132 Å². The first-order chi connectivity index (χ1) is 10.8. The van der Waals surface area contributed by atoms with E-state index in [9.17, 15) is 4.79 Å². The first-order valence-electron chi connectivity index (χ1n) is 7.47. The van der Waals surface area contributed by atoms with Crippen molar-refractivity contribution in [1.29, 1.82) is 0 Å². The molecular weight excluding hydrogens is 296 g/mol. The maximum absolute atomic E-state index is 12.7. The van der Waals surface area contributed by atoms with Crippen molar-refractivity contribution >= 4 is 28.3 Å². The Kier molecular flexibility index (Phi) is 3.38. The van der Waals surface area contributed by atoms with E-state index in [-0.39, 0.29) is 11.9 Å². The van der Waals surface area contributed by atoms with E-state index in [1.807, 2.05) is 34.5 Å². The van der Waals surface area contributed by atoms with Crippen LogP contribution in [0.2, 0.25) is 0 Å². The summed E-state index contributed by atoms with van der Waals surface area (Å²) in [4.78, 5) is 26.8. The van der Waals surface area contributed by atoms with Crippen LogP contribution in [-0.4, -0.2) is 32.3 Å². The predicted octanol–water partition coefficient (Wildman–Crippen LogP) is 3.39. The number of piperidine rings is 1. The summed E-state index contributed by atoms with van der Waals surface area (Å²) in [6.45, 7) is 0.762. The molecule has 1 N–H and O–H groups in total. The molecule has 0 aliphatic carbocycles. The van der Waals surface area contributed by atoms with Crippen molar-refractivity contribution in [2.45, 2.75) is 25.3 Å². The lowest BCUT2D eigenvalue weighted by molar-refractivity contribution is 0.0596. The lowest BCUT2D eigenvalue weighted by Crippen LogP contribution is -2.39. The highest BCUT2D eigenvalue weighted by molar-refractivity contribution is 7.07. The topological polar surface area (TPSA) is 61.9 Å². The Bertz CT molecular complexity index is 762. The number of amides is 1. The summed E-state index contributed by atoms with van der Waals surface area (Å²) in [7, 11) is 0. The first kappa shape index (κ1) is 13.5. The van der Waals surface area contributed by atoms with Gasteiger partial charge in [-0.15, -0.1) is 11.3 Å². The van der Waals surface area contributed by atoms with E-state index in [1.165, 1.54) is 11.3 Å². The van der Waals surface area contributed by atoms with Gasteiger partial charge in [-0.25, -0.2) is 9.97 Å². The van der Waals surface area contributed by atoms with Crippen LogP contribution >= 0.6 is 11.3 Å². The number of para-hydroxylation sites is 2. The molecule has 3 aromatic rings. The van der Waals surface area contributed by atoms with Gasteiger partial charge in [0.05, 0.1) is 22.6 Å². The van der Waals surface area contributed by atoms with Gasteiger partial charge >= 0.3 is 0 Å². The number of hydrogen-bond donors (Lipinski definition) is 1. The minimum atomic E-state index is 0.00593. The van der Waals surface area contributed by atoms with E-state index in [0.29, 0.717) is 5.69 Å². The molecule has 1 aromatic carbocycles. The molecule has 4 rings (SSSR count). The second kappa shape index (κ2) is 5.53. The molecule has 112 valence electrons. The number of nitrogens with one attached hydrogen (secondary N) is 1. The molecule has 0 unspecified atom stereocenters. The number of likely N-dealkylation sites (tertiary alicyclic amines) is 1. The molecule has 2 aromatic heterocycles. The van der Waals surface area contributed by atoms with Crippen LogP contribution in [0.4, 0.5) is 0 Å². The van der Waals surface area contributed by atoms with Crippen molar-refractivity contribution in [3.8, 4) is 0 Å². The van der Waals surface area contributed by atoms with Crippen LogP contribution in [0.1, 0.15) is 41.6 Å². The molecule has 1 fully saturated rings. The Balaban J connectivity index is 1.69. The van der Waals surface area contributed by atoms with E-state index in [2.05, 4.69) is 15.0 Å². The number of carbonyl (C=O) groups is 1. The third-order valence-corrected chi connectivity index (χ3v) is 4.72. The monoisotopic (exact) mass is 312 g/mol. The summed E-state index contributed by atoms with van der Waals surface area (Å²) in [5.74, 6) is 0.885. The van der Waals surface area contributed by atoms with Gasteiger partial charge in [0.2, 0.25) is 0 Å². The molecular formula is C16H16N4OS. The minimum Gasteiger partial charge on any atom is -0.340 e. The second-order valence-electron chi connectivity index (χ2n) is 5.52. The number of hydrogen-bond acceptors (Lipinski definition) is 4. The summed E-state index contributed by atoms with van der Waals surface area (Å²) in [6, 6.07) is 7.98. The van der Waals surface area contributed by atoms with Crippen LogP contribution in [0.5, 0.6) is 0 Å². The Morgan fingerprint density at radius 1 is 1.32 bits per heavy atom. The molecule has 1 aliphatic rings. The second-order valence-corrected chi connectivity index (χ2v) is 6.24. The van der Waals surface area contributed by atoms with Gasteiger partial charge in [0.1, 0.15) is 11.5 Å². The summed E-state index contributed by atoms with van der Waals surface area (Å²) >= 11 is 1.45. The van der Waals surface area contributed by atoms with Crippen molar-refractivity contribution in [3.63, 3.8) is 0 Å². The van der Waals surface area contributed by atoms with E-state index in [0.717, 1.165) is 42.7 Å². The number of aromatic amines is 1. The van der Waals surface area contributed by atoms with Gasteiger partial charge in [0.25, 0.3) is 5.91 Å². The molecule has 0 saturated carbocycles. The van der Waals surface area contributed by atoms with E-state index in [1.54, 1.807) is 5.51 Å². The van der Waals surface area contributed by atoms with Crippen LogP contribution in [0.25, 0.3) is 11.0 Å². The third kappa shape index (κ3) is 2.29. The first-order valence-corrected chi connectivity index (χ1v) is 8.41. The fourth-order valence-electron chi connectivity index (χ4n) is 3.05. The average Bonchev–Trinajstić information content (AvgIpc) is 3.23. The Morgan fingerprint density at radius 3 is 3.05 bits per heavy atom. The zero-order valence-electron chi connectivity index (χ0n) is 12.0. The van der Waals surface area contributed by atoms with Crippen LogP contribution in [-0.2, 0) is 0 Å². The molecule has 0 bridgehead atoms. The predicted molar refractivity (Wildman–Crippen MR) is 85.8 cm³/mol. The molecule has 5 nitrogen and oxygen atoms in total. The number of H-pyrrole nitrogens is 1. The van der Waals surface area contributed by atoms with Gasteiger partial charge in [-0.2, -0.15) is 0 Å². The number of carbonyl (C=O) groups excluding carboxylic acids is 1. The number of rotatable bonds is 2. The highest BCUT2D eigenvalue weighted by atomic mass is 32.1. The third-order valence-electron chi connectivity index (χ3n) is 4.14. The van der Waals surface area contributed by atoms with Gasteiger partial charge < -0.3 is 9.88 Å². The fourth-order valence-corrected chi connectivity index (χ4v) is 3.58. The van der Waals surface area contributed by atoms with Gasteiger partial charge in [-0.3, -0.25) is 4.79 Å². The van der Waals surface area contributed by atoms with Crippen molar-refractivity contribution in [3.05, 3.63) is 46.7 Å². The zero-order valence-corrected chi connectivity index (χ0v) is 12.8. The van der Waals surface area contributed by atoms with Gasteiger partial charge in [0, 0.05) is 11.9 Å². The van der Waals surface area contributed by atoms with Crippen LogP contribution in [0.3, 0.4) is 0 Å². The number of benzene rings is 1. The maximum Gasteiger partial charge on any atom is 0.273 e. The molecule has 0 spiro atoms. The number of aromatic nitrogens is 3. The summed E-state index contributed by atoms with van der Waals surface area (Å²) in [6.07, 6.45) is 3.09. The molecule has 1 atom stereocenters. The van der Waals surface area contributed by atoms with Crippen molar-refractivity contribution in [2.24, 2.45) is 0 Å². The summed E-state index contributed by atoms with van der Waals surface area (Å²) < 4.78 is 0. The van der Waals surface area contributed by atoms with E-state index >= 15 is 0 Å². The van der Waals surface area contributed by atoms with E-state index < -0.39 is 0 Å². The van der Waals surface area contributed by atoms with Crippen LogP contribution < -0.4 is 0 Å². The smallest absolute Gasteiger partial charge is 0.273 e. The SMILES string of the molecule is O=C(c1cscn1)N1CCCC[C@H]1c1nc2ccccc2[nH]1. The van der Waals surface area contributed by atoms with Crippen molar-refractivity contribution < 1.29 is 4.79 Å². The van der Waals surface area contributed by atoms with E-state index in [4.69, 9.17) is 0 Å². The lowest BCUT2D eigenvalue weighted by atomic mass is 10.0. The molecule has 6 heteroatoms. The largest absolute Gasteiger partial charge is 0.340 e. The minimum absolute atomic E-state index is 0.00593. The standard InChI is InChI=1S/C16H16N4OS/c21-16(13-9-22-10-17-13)20-8-4-3-7-14(20)15-18-11-5-1-2-6-12(11)19-15/h1-2,5-6,9-10,14H,3-4,7-8H2,(H,18,19)/t14-/m0/s1. The normalized spacial score (nSPS) is 18.7. The van der Waals surface area contributed by atoms with Gasteiger partial charge in [0.15, 0.2) is 0 Å².